The summed E-state index contributed by atoms with van der Waals surface area (Å²) in [6, 6.07) is 0. The second-order valence-corrected chi connectivity index (χ2v) is 3.92. The van der Waals surface area contributed by atoms with Crippen molar-refractivity contribution in [1.82, 2.24) is 4.98 Å². The van der Waals surface area contributed by atoms with Gasteiger partial charge >= 0.3 is 0 Å². The first-order valence-electron chi connectivity index (χ1n) is 3.82. The molecular formula is C8H11NOS. The first-order valence-corrected chi connectivity index (χ1v) is 4.77. The molecule has 0 bridgehead atoms. The third kappa shape index (κ3) is 0.993. The number of aromatic nitrogens is 1. The van der Waals surface area contributed by atoms with Crippen LogP contribution in [0.3, 0.4) is 0 Å². The normalized spacial score (nSPS) is 23.1. The summed E-state index contributed by atoms with van der Waals surface area (Å²) >= 11 is 1.60. The lowest BCUT2D eigenvalue weighted by Gasteiger charge is -2.15. The van der Waals surface area contributed by atoms with Crippen LogP contribution in [0.1, 0.15) is 25.5 Å². The van der Waals surface area contributed by atoms with Crippen LogP contribution in [0.15, 0.2) is 10.9 Å². The van der Waals surface area contributed by atoms with Crippen molar-refractivity contribution >= 4 is 11.3 Å². The van der Waals surface area contributed by atoms with E-state index in [0.717, 1.165) is 18.5 Å². The first-order chi connectivity index (χ1) is 5.26. The van der Waals surface area contributed by atoms with Crippen LogP contribution in [0.4, 0.5) is 0 Å². The van der Waals surface area contributed by atoms with Gasteiger partial charge in [0, 0.05) is 10.8 Å². The smallest absolute Gasteiger partial charge is 0.0794 e. The van der Waals surface area contributed by atoms with Gasteiger partial charge < -0.3 is 5.11 Å². The zero-order valence-corrected chi connectivity index (χ0v) is 7.27. The van der Waals surface area contributed by atoms with E-state index in [-0.39, 0.29) is 11.5 Å². The third-order valence-corrected chi connectivity index (χ3v) is 3.12. The Kier molecular flexibility index (Phi) is 1.51. The van der Waals surface area contributed by atoms with Gasteiger partial charge in [0.2, 0.25) is 0 Å². The van der Waals surface area contributed by atoms with Crippen LogP contribution in [0.5, 0.6) is 0 Å². The van der Waals surface area contributed by atoms with Gasteiger partial charge in [0.05, 0.1) is 17.3 Å². The van der Waals surface area contributed by atoms with Crippen LogP contribution >= 0.6 is 11.3 Å². The molecule has 1 aliphatic rings. The highest BCUT2D eigenvalue weighted by Crippen LogP contribution is 2.50. The molecule has 1 unspecified atom stereocenters. The van der Waals surface area contributed by atoms with Gasteiger partial charge in [-0.25, -0.2) is 4.98 Å². The van der Waals surface area contributed by atoms with Crippen LogP contribution in [0.25, 0.3) is 0 Å². The van der Waals surface area contributed by atoms with E-state index in [1.807, 2.05) is 17.8 Å². The lowest BCUT2D eigenvalue weighted by atomic mass is 9.97. The fourth-order valence-corrected chi connectivity index (χ4v) is 2.14. The molecule has 0 radical (unpaired) electrons. The van der Waals surface area contributed by atoms with Crippen molar-refractivity contribution in [3.05, 3.63) is 16.6 Å². The average Bonchev–Trinajstić information content (AvgIpc) is 2.61. The highest BCUT2D eigenvalue weighted by Gasteiger charge is 2.49. The molecule has 1 saturated carbocycles. The van der Waals surface area contributed by atoms with Gasteiger partial charge in [-0.3, -0.25) is 0 Å². The van der Waals surface area contributed by atoms with E-state index < -0.39 is 0 Å². The van der Waals surface area contributed by atoms with Crippen molar-refractivity contribution in [3.63, 3.8) is 0 Å². The molecule has 1 aliphatic carbocycles. The minimum Gasteiger partial charge on any atom is -0.392 e. The first kappa shape index (κ1) is 7.25. The molecule has 1 fully saturated rings. The number of aliphatic hydroxyl groups is 1. The number of rotatable bonds is 2. The van der Waals surface area contributed by atoms with Crippen LogP contribution in [0, 0.1) is 0 Å². The molecule has 0 amide bonds. The molecule has 2 rings (SSSR count). The zero-order valence-electron chi connectivity index (χ0n) is 6.45. The maximum Gasteiger partial charge on any atom is 0.0794 e. The van der Waals surface area contributed by atoms with Crippen LogP contribution in [0.2, 0.25) is 0 Å². The molecule has 1 aromatic rings. The monoisotopic (exact) mass is 169 g/mol. The fraction of sp³-hybridized carbons (Fsp3) is 0.625. The molecule has 1 atom stereocenters. The summed E-state index contributed by atoms with van der Waals surface area (Å²) in [6.07, 6.45) is 1.94. The number of thiazole rings is 1. The van der Waals surface area contributed by atoms with Gasteiger partial charge in [-0.2, -0.15) is 0 Å². The Morgan fingerprint density at radius 3 is 2.82 bits per heavy atom. The second kappa shape index (κ2) is 2.29. The molecule has 0 saturated heterocycles. The van der Waals surface area contributed by atoms with Gasteiger partial charge in [0.25, 0.3) is 0 Å². The average molecular weight is 169 g/mol. The van der Waals surface area contributed by atoms with Crippen molar-refractivity contribution < 1.29 is 5.11 Å². The Bertz CT molecular complexity index is 239. The summed E-state index contributed by atoms with van der Waals surface area (Å²) in [5.74, 6) is 0. The van der Waals surface area contributed by atoms with Crippen LogP contribution in [-0.4, -0.2) is 16.2 Å². The van der Waals surface area contributed by atoms with Gasteiger partial charge in [-0.15, -0.1) is 11.3 Å². The summed E-state index contributed by atoms with van der Waals surface area (Å²) in [5, 5.41) is 11.5. The largest absolute Gasteiger partial charge is 0.392 e. The third-order valence-electron chi connectivity index (χ3n) is 2.53. The highest BCUT2D eigenvalue weighted by atomic mass is 32.1. The Morgan fingerprint density at radius 1 is 1.73 bits per heavy atom. The maximum absolute atomic E-state index is 9.48. The highest BCUT2D eigenvalue weighted by molar-refractivity contribution is 7.07. The predicted molar refractivity (Wildman–Crippen MR) is 44.7 cm³/mol. The summed E-state index contributed by atoms with van der Waals surface area (Å²) in [4.78, 5) is 4.23. The van der Waals surface area contributed by atoms with Crippen molar-refractivity contribution in [2.75, 3.05) is 0 Å². The maximum atomic E-state index is 9.48. The van der Waals surface area contributed by atoms with E-state index in [1.165, 1.54) is 0 Å². The summed E-state index contributed by atoms with van der Waals surface area (Å²) in [5.41, 5.74) is 2.94. The van der Waals surface area contributed by atoms with E-state index in [1.54, 1.807) is 11.3 Å². The van der Waals surface area contributed by atoms with Gasteiger partial charge in [-0.05, 0) is 19.8 Å². The van der Waals surface area contributed by atoms with Crippen molar-refractivity contribution in [3.8, 4) is 0 Å². The number of nitrogens with zero attached hydrogens (tertiary/aromatic N) is 1. The van der Waals surface area contributed by atoms with Gasteiger partial charge in [0.1, 0.15) is 0 Å². The molecule has 2 nitrogen and oxygen atoms in total. The Balaban J connectivity index is 2.29. The Morgan fingerprint density at radius 2 is 2.45 bits per heavy atom. The van der Waals surface area contributed by atoms with Crippen molar-refractivity contribution in [2.24, 2.45) is 0 Å². The van der Waals surface area contributed by atoms with Gasteiger partial charge in [-0.1, -0.05) is 0 Å². The fourth-order valence-electron chi connectivity index (χ4n) is 1.48. The minimum absolute atomic E-state index is 0.0278. The Hall–Kier alpha value is -0.410. The van der Waals surface area contributed by atoms with E-state index >= 15 is 0 Å². The summed E-state index contributed by atoms with van der Waals surface area (Å²) < 4.78 is 0. The van der Waals surface area contributed by atoms with Crippen LogP contribution in [-0.2, 0) is 5.41 Å². The van der Waals surface area contributed by atoms with Crippen molar-refractivity contribution in [1.29, 1.82) is 0 Å². The van der Waals surface area contributed by atoms with E-state index in [2.05, 4.69) is 4.98 Å². The molecule has 60 valence electrons. The molecule has 3 heteroatoms. The lowest BCUT2D eigenvalue weighted by Crippen LogP contribution is -2.22. The quantitative estimate of drug-likeness (QED) is 0.728. The Labute approximate surface area is 69.9 Å². The zero-order chi connectivity index (χ0) is 7.90. The van der Waals surface area contributed by atoms with E-state index in [0.29, 0.717) is 0 Å². The summed E-state index contributed by atoms with van der Waals surface area (Å²) in [6.45, 7) is 1.85. The number of hydrogen-bond donors (Lipinski definition) is 1. The number of hydrogen-bond acceptors (Lipinski definition) is 3. The number of aliphatic hydroxyl groups excluding tert-OH is 1. The molecule has 0 aliphatic heterocycles. The molecule has 1 N–H and O–H groups in total. The van der Waals surface area contributed by atoms with Crippen LogP contribution < -0.4 is 0 Å². The molecule has 1 aromatic heterocycles. The lowest BCUT2D eigenvalue weighted by molar-refractivity contribution is 0.149. The topological polar surface area (TPSA) is 33.1 Å². The molecule has 0 spiro atoms. The predicted octanol–water partition coefficient (Wildman–Crippen LogP) is 1.56. The van der Waals surface area contributed by atoms with Gasteiger partial charge in [0.15, 0.2) is 0 Å². The SMILES string of the molecule is CC(O)C1(c2cscn2)CC1. The van der Waals surface area contributed by atoms with Crippen molar-refractivity contribution in [2.45, 2.75) is 31.3 Å². The standard InChI is InChI=1S/C8H11NOS/c1-6(10)8(2-3-8)7-4-11-5-9-7/h4-6,10H,2-3H2,1H3. The minimum atomic E-state index is -0.246. The molecule has 1 heterocycles. The molecule has 0 aromatic carbocycles. The molecule has 11 heavy (non-hydrogen) atoms. The van der Waals surface area contributed by atoms with E-state index in [9.17, 15) is 5.11 Å². The summed E-state index contributed by atoms with van der Waals surface area (Å²) in [7, 11) is 0. The molecular weight excluding hydrogens is 158 g/mol. The second-order valence-electron chi connectivity index (χ2n) is 3.21. The van der Waals surface area contributed by atoms with E-state index in [4.69, 9.17) is 0 Å².